The molecule has 7 heteroatoms. The van der Waals surface area contributed by atoms with Crippen LogP contribution in [0.4, 0.5) is 11.4 Å². The number of nitrogens with one attached hydrogen (secondary N) is 1. The number of benzene rings is 1. The molecule has 2 aromatic rings. The van der Waals surface area contributed by atoms with Gasteiger partial charge in [0.15, 0.2) is 0 Å². The zero-order chi connectivity index (χ0) is 15.4. The molecule has 1 aromatic heterocycles. The Morgan fingerprint density at radius 3 is 2.86 bits per heavy atom. The minimum atomic E-state index is -0.110. The highest BCUT2D eigenvalue weighted by Crippen LogP contribution is 2.23. The summed E-state index contributed by atoms with van der Waals surface area (Å²) in [7, 11) is 1.90. The van der Waals surface area contributed by atoms with Crippen LogP contribution in [0, 0.1) is 0 Å². The zero-order valence-corrected chi connectivity index (χ0v) is 14.6. The first-order valence-electron chi connectivity index (χ1n) is 6.20. The van der Waals surface area contributed by atoms with Gasteiger partial charge in [-0.1, -0.05) is 11.6 Å². The van der Waals surface area contributed by atoms with E-state index in [1.54, 1.807) is 29.5 Å². The summed E-state index contributed by atoms with van der Waals surface area (Å²) >= 11 is 10.9. The maximum Gasteiger partial charge on any atom is 0.238 e. The lowest BCUT2D eigenvalue weighted by Crippen LogP contribution is -2.29. The molecule has 21 heavy (non-hydrogen) atoms. The molecule has 0 spiro atoms. The van der Waals surface area contributed by atoms with Crippen LogP contribution in [0.25, 0.3) is 0 Å². The Hall–Kier alpha value is -1.08. The molecule has 0 aliphatic rings. The third-order valence-corrected chi connectivity index (χ3v) is 4.56. The number of hydrogen-bond donors (Lipinski definition) is 2. The summed E-state index contributed by atoms with van der Waals surface area (Å²) in [5, 5.41) is 5.40. The van der Waals surface area contributed by atoms with E-state index >= 15 is 0 Å². The quantitative estimate of drug-likeness (QED) is 0.766. The van der Waals surface area contributed by atoms with E-state index in [0.717, 1.165) is 3.79 Å². The van der Waals surface area contributed by atoms with Crippen LogP contribution >= 0.6 is 38.9 Å². The van der Waals surface area contributed by atoms with Gasteiger partial charge in [-0.15, -0.1) is 11.3 Å². The second-order valence-electron chi connectivity index (χ2n) is 4.71. The number of amides is 1. The number of nitrogens with two attached hydrogens (primary N) is 1. The van der Waals surface area contributed by atoms with Gasteiger partial charge in [0.1, 0.15) is 0 Å². The van der Waals surface area contributed by atoms with Gasteiger partial charge in [0, 0.05) is 11.6 Å². The van der Waals surface area contributed by atoms with Crippen LogP contribution in [0.2, 0.25) is 5.02 Å². The summed E-state index contributed by atoms with van der Waals surface area (Å²) in [4.78, 5) is 13.9. The van der Waals surface area contributed by atoms with Gasteiger partial charge in [0.05, 0.1) is 21.7 Å². The summed E-state index contributed by atoms with van der Waals surface area (Å²) < 4.78 is 1.09. The fourth-order valence-electron chi connectivity index (χ4n) is 1.88. The number of halogens is 2. The largest absolute Gasteiger partial charge is 0.397 e. The highest BCUT2D eigenvalue weighted by atomic mass is 79.9. The van der Waals surface area contributed by atoms with E-state index in [1.165, 1.54) is 5.56 Å². The molecule has 1 aromatic carbocycles. The van der Waals surface area contributed by atoms with Gasteiger partial charge < -0.3 is 11.1 Å². The lowest BCUT2D eigenvalue weighted by molar-refractivity contribution is -0.117. The molecule has 1 heterocycles. The van der Waals surface area contributed by atoms with Gasteiger partial charge >= 0.3 is 0 Å². The van der Waals surface area contributed by atoms with E-state index in [-0.39, 0.29) is 12.5 Å². The molecule has 112 valence electrons. The lowest BCUT2D eigenvalue weighted by atomic mass is 10.2. The fourth-order valence-corrected chi connectivity index (χ4v) is 3.26. The average Bonchev–Trinajstić information content (AvgIpc) is 2.78. The van der Waals surface area contributed by atoms with E-state index in [4.69, 9.17) is 17.3 Å². The Morgan fingerprint density at radius 1 is 1.48 bits per heavy atom. The Morgan fingerprint density at radius 2 is 2.24 bits per heavy atom. The molecule has 0 atom stereocenters. The molecule has 4 nitrogen and oxygen atoms in total. The summed E-state index contributed by atoms with van der Waals surface area (Å²) in [6, 6.07) is 7.06. The third-order valence-electron chi connectivity index (χ3n) is 2.78. The molecule has 0 saturated carbocycles. The Labute approximate surface area is 141 Å². The van der Waals surface area contributed by atoms with Crippen molar-refractivity contribution in [1.29, 1.82) is 0 Å². The summed E-state index contributed by atoms with van der Waals surface area (Å²) in [5.41, 5.74) is 8.02. The van der Waals surface area contributed by atoms with Crippen LogP contribution < -0.4 is 11.1 Å². The molecule has 0 radical (unpaired) electrons. The molecule has 3 N–H and O–H groups in total. The minimum absolute atomic E-state index is 0.110. The molecule has 0 aliphatic heterocycles. The van der Waals surface area contributed by atoms with Gasteiger partial charge in [-0.2, -0.15) is 0 Å². The number of nitrogens with zero attached hydrogens (tertiary/aromatic N) is 1. The molecule has 2 rings (SSSR count). The van der Waals surface area contributed by atoms with Crippen LogP contribution in [0.5, 0.6) is 0 Å². The minimum Gasteiger partial charge on any atom is -0.397 e. The average molecular weight is 389 g/mol. The van der Waals surface area contributed by atoms with E-state index in [9.17, 15) is 4.79 Å². The number of anilines is 2. The summed E-state index contributed by atoms with van der Waals surface area (Å²) in [5.74, 6) is -0.110. The number of rotatable bonds is 5. The number of carbonyl (C=O) groups excluding carboxylic acids is 1. The van der Waals surface area contributed by atoms with Crippen molar-refractivity contribution < 1.29 is 4.79 Å². The van der Waals surface area contributed by atoms with Gasteiger partial charge in [-0.3, -0.25) is 9.69 Å². The maximum absolute atomic E-state index is 12.0. The number of hydrogen-bond acceptors (Lipinski definition) is 4. The van der Waals surface area contributed by atoms with Crippen molar-refractivity contribution in [3.8, 4) is 0 Å². The highest BCUT2D eigenvalue weighted by molar-refractivity contribution is 9.11. The van der Waals surface area contributed by atoms with Crippen molar-refractivity contribution in [3.05, 3.63) is 44.0 Å². The zero-order valence-electron chi connectivity index (χ0n) is 11.4. The third kappa shape index (κ3) is 5.00. The summed E-state index contributed by atoms with van der Waals surface area (Å²) in [6.07, 6.45) is 0. The number of carbonyl (C=O) groups is 1. The van der Waals surface area contributed by atoms with E-state index in [1.807, 2.05) is 11.9 Å². The Kier molecular flexibility index (Phi) is 5.64. The number of nitrogen functional groups attached to an aromatic ring is 1. The second kappa shape index (κ2) is 7.26. The van der Waals surface area contributed by atoms with Crippen molar-refractivity contribution in [3.63, 3.8) is 0 Å². The van der Waals surface area contributed by atoms with Crippen molar-refractivity contribution in [2.75, 3.05) is 24.6 Å². The van der Waals surface area contributed by atoms with Crippen LogP contribution in [-0.2, 0) is 11.3 Å². The molecule has 1 amide bonds. The number of likely N-dealkylation sites (N-methyl/N-ethyl adjacent to an activating group) is 1. The standard InChI is InChI=1S/C14H15BrClN3OS/c1-19(6-9-4-13(15)21-8-9)7-14(20)18-12-3-2-10(16)5-11(12)17/h2-5,8H,6-7,17H2,1H3,(H,18,20). The van der Waals surface area contributed by atoms with Crippen LogP contribution in [0.15, 0.2) is 33.4 Å². The van der Waals surface area contributed by atoms with Crippen molar-refractivity contribution in [2.24, 2.45) is 0 Å². The monoisotopic (exact) mass is 387 g/mol. The van der Waals surface area contributed by atoms with Gasteiger partial charge in [-0.25, -0.2) is 0 Å². The Balaban J connectivity index is 1.89. The topological polar surface area (TPSA) is 58.4 Å². The predicted octanol–water partition coefficient (Wildman–Crippen LogP) is 3.82. The van der Waals surface area contributed by atoms with Gasteiger partial charge in [0.2, 0.25) is 5.91 Å². The van der Waals surface area contributed by atoms with Crippen molar-refractivity contribution in [1.82, 2.24) is 4.90 Å². The van der Waals surface area contributed by atoms with Crippen LogP contribution in [-0.4, -0.2) is 24.4 Å². The first-order chi connectivity index (χ1) is 9.94. The first kappa shape index (κ1) is 16.3. The van der Waals surface area contributed by atoms with Crippen LogP contribution in [0.1, 0.15) is 5.56 Å². The lowest BCUT2D eigenvalue weighted by Gasteiger charge is -2.16. The summed E-state index contributed by atoms with van der Waals surface area (Å²) in [6.45, 7) is 1.00. The second-order valence-corrected chi connectivity index (χ2v) is 7.44. The molecule has 0 aliphatic carbocycles. The van der Waals surface area contributed by atoms with E-state index in [2.05, 4.69) is 32.7 Å². The first-order valence-corrected chi connectivity index (χ1v) is 8.25. The highest BCUT2D eigenvalue weighted by Gasteiger charge is 2.10. The van der Waals surface area contributed by atoms with Gasteiger partial charge in [-0.05, 0) is 58.2 Å². The van der Waals surface area contributed by atoms with E-state index in [0.29, 0.717) is 22.9 Å². The van der Waals surface area contributed by atoms with Crippen molar-refractivity contribution >= 4 is 56.1 Å². The van der Waals surface area contributed by atoms with Crippen molar-refractivity contribution in [2.45, 2.75) is 6.54 Å². The molecular formula is C14H15BrClN3OS. The SMILES string of the molecule is CN(CC(=O)Nc1ccc(Cl)cc1N)Cc1csc(Br)c1. The molecule has 0 saturated heterocycles. The predicted molar refractivity (Wildman–Crippen MR) is 92.8 cm³/mol. The normalized spacial score (nSPS) is 10.9. The molecule has 0 bridgehead atoms. The molecular weight excluding hydrogens is 374 g/mol. The fraction of sp³-hybridized carbons (Fsp3) is 0.214. The van der Waals surface area contributed by atoms with E-state index < -0.39 is 0 Å². The smallest absolute Gasteiger partial charge is 0.238 e. The van der Waals surface area contributed by atoms with Crippen LogP contribution in [0.3, 0.4) is 0 Å². The number of thiophene rings is 1. The maximum atomic E-state index is 12.0. The van der Waals surface area contributed by atoms with Gasteiger partial charge in [0.25, 0.3) is 0 Å². The molecule has 0 fully saturated rings. The Bertz CT molecular complexity index is 647. The molecule has 0 unspecified atom stereocenters.